The Morgan fingerprint density at radius 2 is 1.62 bits per heavy atom. The molecule has 0 aliphatic heterocycles. The maximum Gasteiger partial charge on any atom is 0.269 e. The Labute approximate surface area is 141 Å². The summed E-state index contributed by atoms with van der Waals surface area (Å²) in [5, 5.41) is 0. The van der Waals surface area contributed by atoms with Crippen LogP contribution in [0.25, 0.3) is 0 Å². The summed E-state index contributed by atoms with van der Waals surface area (Å²) >= 11 is 0. The second-order valence-corrected chi connectivity index (χ2v) is 9.18. The van der Waals surface area contributed by atoms with Gasteiger partial charge in [0.15, 0.2) is 9.84 Å². The molecule has 2 saturated carbocycles. The highest BCUT2D eigenvalue weighted by atomic mass is 32.2. The predicted molar refractivity (Wildman–Crippen MR) is 86.9 cm³/mol. The Bertz CT molecular complexity index is 749. The number of carbonyl (C=O) groups excluding carboxylic acids is 1. The molecule has 6 heteroatoms. The van der Waals surface area contributed by atoms with Crippen LogP contribution in [0.5, 0.6) is 0 Å². The number of hydrogen-bond donors (Lipinski definition) is 0. The van der Waals surface area contributed by atoms with Gasteiger partial charge in [0.25, 0.3) is 5.92 Å². The number of benzene rings is 1. The highest BCUT2D eigenvalue weighted by Gasteiger charge is 2.84. The molecule has 0 radical (unpaired) electrons. The van der Waals surface area contributed by atoms with Gasteiger partial charge in [0.1, 0.15) is 11.2 Å². The summed E-state index contributed by atoms with van der Waals surface area (Å²) in [5.41, 5.74) is -1.55. The van der Waals surface area contributed by atoms with Crippen LogP contribution in [0.2, 0.25) is 0 Å². The summed E-state index contributed by atoms with van der Waals surface area (Å²) in [6.07, 6.45) is 5.45. The third-order valence-corrected chi connectivity index (χ3v) is 6.84. The fraction of sp³-hybridized carbons (Fsp3) is 0.611. The molecule has 0 saturated heterocycles. The number of carbonyl (C=O) groups is 1. The molecule has 2 atom stereocenters. The van der Waals surface area contributed by atoms with E-state index in [1.54, 1.807) is 0 Å². The van der Waals surface area contributed by atoms with Crippen molar-refractivity contribution in [2.75, 3.05) is 6.26 Å². The van der Waals surface area contributed by atoms with E-state index in [-0.39, 0.29) is 16.4 Å². The van der Waals surface area contributed by atoms with Crippen LogP contribution in [0.4, 0.5) is 8.78 Å². The Balaban J connectivity index is 2.02. The largest absolute Gasteiger partial charge is 0.299 e. The molecule has 2 fully saturated rings. The van der Waals surface area contributed by atoms with E-state index in [0.717, 1.165) is 38.4 Å². The van der Waals surface area contributed by atoms with Gasteiger partial charge in [0.2, 0.25) is 0 Å². The molecule has 0 spiro atoms. The van der Waals surface area contributed by atoms with Crippen molar-refractivity contribution in [1.29, 1.82) is 0 Å². The van der Waals surface area contributed by atoms with E-state index in [1.165, 1.54) is 31.2 Å². The first-order valence-electron chi connectivity index (χ1n) is 8.33. The third kappa shape index (κ3) is 2.41. The standard InChI is InChI=1S/C18H22F2O3S/c1-12(21)17(14-8-10-15(11-9-14)24(2,22)23)16(18(17,19)20)13-6-4-3-5-7-13/h8-11,13,16H,3-7H2,1-2H3/t16-,17+/m0/s1. The van der Waals surface area contributed by atoms with Crippen LogP contribution in [-0.4, -0.2) is 26.4 Å². The lowest BCUT2D eigenvalue weighted by molar-refractivity contribution is -0.122. The van der Waals surface area contributed by atoms with E-state index in [0.29, 0.717) is 0 Å². The van der Waals surface area contributed by atoms with Gasteiger partial charge in [-0.1, -0.05) is 31.4 Å². The zero-order valence-electron chi connectivity index (χ0n) is 13.9. The number of sulfone groups is 1. The van der Waals surface area contributed by atoms with Crippen molar-refractivity contribution in [1.82, 2.24) is 0 Å². The molecule has 1 aromatic rings. The van der Waals surface area contributed by atoms with Crippen molar-refractivity contribution in [3.05, 3.63) is 29.8 Å². The van der Waals surface area contributed by atoms with Crippen molar-refractivity contribution in [2.24, 2.45) is 11.8 Å². The number of rotatable bonds is 4. The lowest BCUT2D eigenvalue weighted by Crippen LogP contribution is -2.27. The smallest absolute Gasteiger partial charge is 0.269 e. The molecular formula is C18H22F2O3S. The lowest BCUT2D eigenvalue weighted by Gasteiger charge is -2.23. The van der Waals surface area contributed by atoms with E-state index in [1.807, 2.05) is 0 Å². The van der Waals surface area contributed by atoms with Crippen LogP contribution < -0.4 is 0 Å². The molecule has 132 valence electrons. The number of hydrogen-bond acceptors (Lipinski definition) is 3. The third-order valence-electron chi connectivity index (χ3n) is 5.71. The highest BCUT2D eigenvalue weighted by Crippen LogP contribution is 2.71. The number of halogens is 2. The van der Waals surface area contributed by atoms with Crippen molar-refractivity contribution >= 4 is 15.6 Å². The molecule has 0 N–H and O–H groups in total. The molecule has 0 aromatic heterocycles. The molecule has 2 aliphatic rings. The maximum absolute atomic E-state index is 14.8. The second kappa shape index (κ2) is 5.61. The van der Waals surface area contributed by atoms with Gasteiger partial charge in [-0.15, -0.1) is 0 Å². The Morgan fingerprint density at radius 1 is 1.08 bits per heavy atom. The van der Waals surface area contributed by atoms with Crippen molar-refractivity contribution < 1.29 is 22.0 Å². The molecule has 0 bridgehead atoms. The van der Waals surface area contributed by atoms with E-state index in [4.69, 9.17) is 0 Å². The van der Waals surface area contributed by atoms with E-state index < -0.39 is 32.9 Å². The average molecular weight is 356 g/mol. The van der Waals surface area contributed by atoms with Crippen LogP contribution in [0.15, 0.2) is 29.2 Å². The van der Waals surface area contributed by atoms with Crippen LogP contribution in [-0.2, 0) is 20.0 Å². The molecule has 3 nitrogen and oxygen atoms in total. The number of ketones is 1. The molecule has 24 heavy (non-hydrogen) atoms. The topological polar surface area (TPSA) is 51.2 Å². The van der Waals surface area contributed by atoms with Crippen molar-refractivity contribution in [3.8, 4) is 0 Å². The quantitative estimate of drug-likeness (QED) is 0.825. The first-order chi connectivity index (χ1) is 11.1. The zero-order chi connectivity index (χ0) is 17.8. The molecule has 0 heterocycles. The average Bonchev–Trinajstić information content (AvgIpc) is 3.05. The van der Waals surface area contributed by atoms with Gasteiger partial charge >= 0.3 is 0 Å². The van der Waals surface area contributed by atoms with Gasteiger partial charge in [-0.05, 0) is 43.4 Å². The van der Waals surface area contributed by atoms with Crippen LogP contribution in [0.3, 0.4) is 0 Å². The molecule has 3 rings (SSSR count). The minimum Gasteiger partial charge on any atom is -0.299 e. The Morgan fingerprint density at radius 3 is 2.08 bits per heavy atom. The monoisotopic (exact) mass is 356 g/mol. The van der Waals surface area contributed by atoms with Gasteiger partial charge in [-0.3, -0.25) is 4.79 Å². The molecule has 0 amide bonds. The summed E-state index contributed by atoms with van der Waals surface area (Å²) in [7, 11) is -3.40. The minimum absolute atomic E-state index is 0.0723. The number of alkyl halides is 2. The van der Waals surface area contributed by atoms with Gasteiger partial charge in [0, 0.05) is 12.2 Å². The first kappa shape index (κ1) is 17.5. The molecular weight excluding hydrogens is 334 g/mol. The summed E-state index contributed by atoms with van der Waals surface area (Å²) in [6.45, 7) is 1.22. The second-order valence-electron chi connectivity index (χ2n) is 7.16. The highest BCUT2D eigenvalue weighted by molar-refractivity contribution is 7.90. The van der Waals surface area contributed by atoms with E-state index in [9.17, 15) is 22.0 Å². The van der Waals surface area contributed by atoms with Crippen molar-refractivity contribution in [2.45, 2.75) is 55.3 Å². The lowest BCUT2D eigenvalue weighted by atomic mass is 9.79. The summed E-state index contributed by atoms with van der Waals surface area (Å²) < 4.78 is 52.8. The van der Waals surface area contributed by atoms with Gasteiger partial charge in [-0.2, -0.15) is 0 Å². The van der Waals surface area contributed by atoms with Gasteiger partial charge < -0.3 is 0 Å². The molecule has 0 unspecified atom stereocenters. The first-order valence-corrected chi connectivity index (χ1v) is 10.2. The summed E-state index contributed by atoms with van der Waals surface area (Å²) in [6, 6.07) is 5.41. The van der Waals surface area contributed by atoms with Crippen LogP contribution >= 0.6 is 0 Å². The Kier molecular flexibility index (Phi) is 4.10. The van der Waals surface area contributed by atoms with Crippen molar-refractivity contribution in [3.63, 3.8) is 0 Å². The summed E-state index contributed by atoms with van der Waals surface area (Å²) in [5.74, 6) is -4.71. The fourth-order valence-corrected chi connectivity index (χ4v) is 5.17. The maximum atomic E-state index is 14.8. The normalized spacial score (nSPS) is 30.1. The van der Waals surface area contributed by atoms with Crippen LogP contribution in [0.1, 0.15) is 44.6 Å². The van der Waals surface area contributed by atoms with Gasteiger partial charge in [-0.25, -0.2) is 17.2 Å². The fourth-order valence-electron chi connectivity index (χ4n) is 4.54. The predicted octanol–water partition coefficient (Wildman–Crippen LogP) is 3.76. The molecule has 2 aliphatic carbocycles. The minimum atomic E-state index is -3.40. The van der Waals surface area contributed by atoms with E-state index in [2.05, 4.69) is 0 Å². The SMILES string of the molecule is CC(=O)[C@@]1(c2ccc(S(C)(=O)=O)cc2)[C@H](C2CCCCC2)C1(F)F. The number of Topliss-reactive ketones (excluding diaryl/α,β-unsaturated/α-hetero) is 1. The molecule has 1 aromatic carbocycles. The van der Waals surface area contributed by atoms with Crippen LogP contribution in [0, 0.1) is 11.8 Å². The summed E-state index contributed by atoms with van der Waals surface area (Å²) in [4.78, 5) is 12.4. The Hall–Kier alpha value is -1.30. The van der Waals surface area contributed by atoms with E-state index >= 15 is 0 Å². The van der Waals surface area contributed by atoms with Gasteiger partial charge in [0.05, 0.1) is 4.90 Å². The zero-order valence-corrected chi connectivity index (χ0v) is 14.7.